The van der Waals surface area contributed by atoms with Gasteiger partial charge in [-0.3, -0.25) is 0 Å². The summed E-state index contributed by atoms with van der Waals surface area (Å²) < 4.78 is 0. The monoisotopic (exact) mass is 226 g/mol. The van der Waals surface area contributed by atoms with E-state index in [1.807, 2.05) is 6.92 Å². The van der Waals surface area contributed by atoms with Crippen molar-refractivity contribution in [1.82, 2.24) is 0 Å². The summed E-state index contributed by atoms with van der Waals surface area (Å²) in [7, 11) is 0. The molecule has 0 bridgehead atoms. The Morgan fingerprint density at radius 3 is 2.00 bits per heavy atom. The molecular formula is C10H10O4S. The lowest BCUT2D eigenvalue weighted by Crippen LogP contribution is -2.06. The average molecular weight is 226 g/mol. The molecular weight excluding hydrogens is 216 g/mol. The van der Waals surface area contributed by atoms with Gasteiger partial charge in [0.05, 0.1) is 11.1 Å². The summed E-state index contributed by atoms with van der Waals surface area (Å²) in [5.74, 6) is -1.58. The van der Waals surface area contributed by atoms with Crippen LogP contribution < -0.4 is 0 Å². The first-order valence-electron chi connectivity index (χ1n) is 4.30. The van der Waals surface area contributed by atoms with Gasteiger partial charge in [0.1, 0.15) is 0 Å². The predicted molar refractivity (Wildman–Crippen MR) is 56.8 cm³/mol. The van der Waals surface area contributed by atoms with Crippen LogP contribution in [0.4, 0.5) is 0 Å². The maximum atomic E-state index is 10.9. The fourth-order valence-electron chi connectivity index (χ4n) is 1.17. The van der Waals surface area contributed by atoms with E-state index in [1.165, 1.54) is 30.0 Å². The zero-order valence-electron chi connectivity index (χ0n) is 8.06. The molecule has 0 spiro atoms. The molecule has 0 aliphatic rings. The van der Waals surface area contributed by atoms with Crippen molar-refractivity contribution in [1.29, 1.82) is 0 Å². The van der Waals surface area contributed by atoms with Crippen LogP contribution in [0.25, 0.3) is 0 Å². The van der Waals surface area contributed by atoms with Crippen LogP contribution in [0.15, 0.2) is 23.1 Å². The molecule has 0 aliphatic carbocycles. The van der Waals surface area contributed by atoms with Crippen LogP contribution in [0, 0.1) is 0 Å². The van der Waals surface area contributed by atoms with Crippen molar-refractivity contribution >= 4 is 23.7 Å². The fraction of sp³-hybridized carbons (Fsp3) is 0.200. The average Bonchev–Trinajstić information content (AvgIpc) is 2.17. The molecule has 0 amide bonds. The Kier molecular flexibility index (Phi) is 3.74. The van der Waals surface area contributed by atoms with Gasteiger partial charge in [0.15, 0.2) is 0 Å². The fourth-order valence-corrected chi connectivity index (χ4v) is 2.08. The van der Waals surface area contributed by atoms with E-state index in [9.17, 15) is 9.59 Å². The molecule has 2 N–H and O–H groups in total. The molecule has 1 aromatic carbocycles. The SMILES string of the molecule is CCSc1c(C(=O)O)cccc1C(=O)O. The molecule has 0 fully saturated rings. The predicted octanol–water partition coefficient (Wildman–Crippen LogP) is 2.20. The van der Waals surface area contributed by atoms with Crippen LogP contribution in [0.5, 0.6) is 0 Å². The van der Waals surface area contributed by atoms with Crippen molar-refractivity contribution in [3.63, 3.8) is 0 Å². The van der Waals surface area contributed by atoms with Crippen molar-refractivity contribution in [2.45, 2.75) is 11.8 Å². The number of carboxylic acid groups (broad SMARTS) is 2. The highest BCUT2D eigenvalue weighted by atomic mass is 32.2. The highest BCUT2D eigenvalue weighted by Gasteiger charge is 2.17. The maximum Gasteiger partial charge on any atom is 0.336 e. The number of carbonyl (C=O) groups is 2. The van der Waals surface area contributed by atoms with Crippen molar-refractivity contribution in [2.75, 3.05) is 5.75 Å². The summed E-state index contributed by atoms with van der Waals surface area (Å²) in [5.41, 5.74) is 0.0866. The number of carboxylic acids is 2. The Labute approximate surface area is 90.9 Å². The van der Waals surface area contributed by atoms with Crippen molar-refractivity contribution < 1.29 is 19.8 Å². The largest absolute Gasteiger partial charge is 0.478 e. The summed E-state index contributed by atoms with van der Waals surface area (Å²) in [6, 6.07) is 4.26. The Morgan fingerprint density at radius 2 is 1.67 bits per heavy atom. The quantitative estimate of drug-likeness (QED) is 0.770. The topological polar surface area (TPSA) is 74.6 Å². The second-order valence-corrected chi connectivity index (χ2v) is 4.00. The normalized spacial score (nSPS) is 9.93. The van der Waals surface area contributed by atoms with E-state index < -0.39 is 11.9 Å². The Hall–Kier alpha value is -1.49. The van der Waals surface area contributed by atoms with Crippen molar-refractivity contribution in [3.05, 3.63) is 29.3 Å². The minimum atomic E-state index is -1.10. The van der Waals surface area contributed by atoms with Gasteiger partial charge in [-0.25, -0.2) is 9.59 Å². The first-order chi connectivity index (χ1) is 7.07. The van der Waals surface area contributed by atoms with Gasteiger partial charge in [0, 0.05) is 4.90 Å². The van der Waals surface area contributed by atoms with E-state index in [-0.39, 0.29) is 11.1 Å². The molecule has 0 aliphatic heterocycles. The number of thioether (sulfide) groups is 1. The highest BCUT2D eigenvalue weighted by Crippen LogP contribution is 2.27. The van der Waals surface area contributed by atoms with Crippen LogP contribution >= 0.6 is 11.8 Å². The van der Waals surface area contributed by atoms with Gasteiger partial charge >= 0.3 is 11.9 Å². The molecule has 1 rings (SSSR count). The summed E-state index contributed by atoms with van der Waals surface area (Å²) in [6.45, 7) is 1.84. The Balaban J connectivity index is 3.34. The summed E-state index contributed by atoms with van der Waals surface area (Å²) in [6.07, 6.45) is 0. The van der Waals surface area contributed by atoms with Gasteiger partial charge in [-0.1, -0.05) is 13.0 Å². The van der Waals surface area contributed by atoms with E-state index in [4.69, 9.17) is 10.2 Å². The number of hydrogen-bond donors (Lipinski definition) is 2. The Morgan fingerprint density at radius 1 is 1.20 bits per heavy atom. The second kappa shape index (κ2) is 4.84. The number of aromatic carboxylic acids is 2. The first-order valence-corrected chi connectivity index (χ1v) is 5.28. The van der Waals surface area contributed by atoms with Gasteiger partial charge in [-0.15, -0.1) is 11.8 Å². The Bertz CT molecular complexity index is 368. The van der Waals surface area contributed by atoms with Crippen LogP contribution in [-0.4, -0.2) is 27.9 Å². The molecule has 0 saturated heterocycles. The molecule has 1 aromatic rings. The smallest absolute Gasteiger partial charge is 0.336 e. The van der Waals surface area contributed by atoms with E-state index in [0.29, 0.717) is 10.6 Å². The molecule has 0 atom stereocenters. The molecule has 5 heteroatoms. The molecule has 4 nitrogen and oxygen atoms in total. The lowest BCUT2D eigenvalue weighted by atomic mass is 10.1. The molecule has 0 unspecified atom stereocenters. The van der Waals surface area contributed by atoms with Gasteiger partial charge in [-0.2, -0.15) is 0 Å². The molecule has 0 radical (unpaired) electrons. The number of hydrogen-bond acceptors (Lipinski definition) is 3. The molecule has 15 heavy (non-hydrogen) atoms. The highest BCUT2D eigenvalue weighted by molar-refractivity contribution is 7.99. The lowest BCUT2D eigenvalue weighted by molar-refractivity contribution is 0.0690. The standard InChI is InChI=1S/C10H10O4S/c1-2-15-8-6(9(11)12)4-3-5-7(8)10(13)14/h3-5H,2H2,1H3,(H,11,12)(H,13,14). The second-order valence-electron chi connectivity index (χ2n) is 2.73. The van der Waals surface area contributed by atoms with Crippen molar-refractivity contribution in [2.24, 2.45) is 0 Å². The third kappa shape index (κ3) is 2.50. The van der Waals surface area contributed by atoms with Gasteiger partial charge in [-0.05, 0) is 17.9 Å². The zero-order chi connectivity index (χ0) is 11.4. The van der Waals surface area contributed by atoms with Crippen LogP contribution in [0.1, 0.15) is 27.6 Å². The van der Waals surface area contributed by atoms with E-state index in [2.05, 4.69) is 0 Å². The summed E-state index contributed by atoms with van der Waals surface area (Å²) in [5, 5.41) is 17.8. The van der Waals surface area contributed by atoms with Gasteiger partial charge < -0.3 is 10.2 Å². The maximum absolute atomic E-state index is 10.9. The molecule has 0 aromatic heterocycles. The zero-order valence-corrected chi connectivity index (χ0v) is 8.87. The van der Waals surface area contributed by atoms with E-state index in [0.717, 1.165) is 0 Å². The summed E-state index contributed by atoms with van der Waals surface area (Å²) >= 11 is 1.22. The third-order valence-corrected chi connectivity index (χ3v) is 2.78. The van der Waals surface area contributed by atoms with Crippen LogP contribution in [0.2, 0.25) is 0 Å². The minimum Gasteiger partial charge on any atom is -0.478 e. The number of rotatable bonds is 4. The van der Waals surface area contributed by atoms with Gasteiger partial charge in [0.2, 0.25) is 0 Å². The van der Waals surface area contributed by atoms with Crippen molar-refractivity contribution in [3.8, 4) is 0 Å². The summed E-state index contributed by atoms with van der Waals surface area (Å²) in [4.78, 5) is 22.0. The number of benzene rings is 1. The van der Waals surface area contributed by atoms with E-state index in [1.54, 1.807) is 0 Å². The third-order valence-electron chi connectivity index (χ3n) is 1.76. The van der Waals surface area contributed by atoms with Crippen LogP contribution in [0.3, 0.4) is 0 Å². The first kappa shape index (κ1) is 11.6. The lowest BCUT2D eigenvalue weighted by Gasteiger charge is -2.07. The molecule has 80 valence electrons. The van der Waals surface area contributed by atoms with E-state index >= 15 is 0 Å². The minimum absolute atomic E-state index is 0.0433. The molecule has 0 saturated carbocycles. The molecule has 0 heterocycles. The van der Waals surface area contributed by atoms with Crippen LogP contribution in [-0.2, 0) is 0 Å². The van der Waals surface area contributed by atoms with Gasteiger partial charge in [0.25, 0.3) is 0 Å².